The maximum absolute atomic E-state index is 11.9. The number of nitrogens with zero attached hydrogens (tertiary/aromatic N) is 1. The van der Waals surface area contributed by atoms with Crippen molar-refractivity contribution in [2.45, 2.75) is 26.3 Å². The summed E-state index contributed by atoms with van der Waals surface area (Å²) in [6, 6.07) is 4.93. The van der Waals surface area contributed by atoms with Crippen molar-refractivity contribution in [3.63, 3.8) is 0 Å². The number of anilines is 1. The number of hydrogen-bond donors (Lipinski definition) is 3. The summed E-state index contributed by atoms with van der Waals surface area (Å²) in [4.78, 5) is 16.2. The second-order valence-electron chi connectivity index (χ2n) is 4.71. The zero-order chi connectivity index (χ0) is 14.7. The minimum absolute atomic E-state index is 0.0542. The zero-order valence-corrected chi connectivity index (χ0v) is 12.2. The highest BCUT2D eigenvalue weighted by atomic mass is 32.1. The first-order valence-electron chi connectivity index (χ1n) is 6.25. The molecule has 1 unspecified atom stereocenters. The molecule has 1 heterocycles. The Bertz CT molecular complexity index is 623. The Kier molecular flexibility index (Phi) is 4.36. The Balaban J connectivity index is 2.03. The van der Waals surface area contributed by atoms with E-state index < -0.39 is 0 Å². The number of aromatic nitrogens is 1. The minimum Gasteiger partial charge on any atom is -0.506 e. The smallest absolute Gasteiger partial charge is 0.230 e. The fourth-order valence-corrected chi connectivity index (χ4v) is 2.50. The highest BCUT2D eigenvalue weighted by Gasteiger charge is 2.11. The third-order valence-electron chi connectivity index (χ3n) is 2.73. The van der Waals surface area contributed by atoms with Crippen molar-refractivity contribution in [1.29, 1.82) is 0 Å². The van der Waals surface area contributed by atoms with Gasteiger partial charge in [0, 0.05) is 5.38 Å². The largest absolute Gasteiger partial charge is 0.506 e. The van der Waals surface area contributed by atoms with Crippen molar-refractivity contribution in [1.82, 2.24) is 4.98 Å². The number of nitrogens with two attached hydrogens (primary N) is 1. The molecule has 0 fully saturated rings. The normalized spacial score (nSPS) is 12.2. The van der Waals surface area contributed by atoms with Crippen molar-refractivity contribution in [3.05, 3.63) is 39.8 Å². The molecule has 0 aliphatic carbocycles. The first kappa shape index (κ1) is 14.5. The van der Waals surface area contributed by atoms with E-state index >= 15 is 0 Å². The molecule has 0 aliphatic rings. The highest BCUT2D eigenvalue weighted by Crippen LogP contribution is 2.24. The molecule has 6 heteroatoms. The lowest BCUT2D eigenvalue weighted by molar-refractivity contribution is -0.115. The molecule has 1 aromatic heterocycles. The minimum atomic E-state index is -0.215. The number of phenols is 1. The molecule has 1 amide bonds. The number of hydrogen-bond acceptors (Lipinski definition) is 5. The Labute approximate surface area is 121 Å². The number of carbonyl (C=O) groups excluding carboxylic acids is 1. The van der Waals surface area contributed by atoms with Gasteiger partial charge in [0.2, 0.25) is 5.91 Å². The van der Waals surface area contributed by atoms with Crippen molar-refractivity contribution in [2.75, 3.05) is 5.32 Å². The van der Waals surface area contributed by atoms with Crippen LogP contribution in [-0.4, -0.2) is 16.0 Å². The number of aromatic hydroxyl groups is 1. The van der Waals surface area contributed by atoms with E-state index in [2.05, 4.69) is 10.3 Å². The summed E-state index contributed by atoms with van der Waals surface area (Å²) < 4.78 is 0. The lowest BCUT2D eigenvalue weighted by Gasteiger charge is -2.07. The van der Waals surface area contributed by atoms with Crippen LogP contribution in [0.4, 0.5) is 5.69 Å². The summed E-state index contributed by atoms with van der Waals surface area (Å²) in [7, 11) is 0. The van der Waals surface area contributed by atoms with Gasteiger partial charge in [-0.1, -0.05) is 6.07 Å². The zero-order valence-electron chi connectivity index (χ0n) is 11.4. The molecule has 0 spiro atoms. The van der Waals surface area contributed by atoms with Crippen LogP contribution in [0.15, 0.2) is 23.6 Å². The van der Waals surface area contributed by atoms with E-state index in [1.54, 1.807) is 18.2 Å². The first-order chi connectivity index (χ1) is 9.45. The van der Waals surface area contributed by atoms with Crippen LogP contribution in [0.25, 0.3) is 0 Å². The number of aryl methyl sites for hydroxylation is 1. The molecule has 1 aromatic carbocycles. The maximum Gasteiger partial charge on any atom is 0.230 e. The Hall–Kier alpha value is -1.92. The van der Waals surface area contributed by atoms with Crippen molar-refractivity contribution < 1.29 is 9.90 Å². The summed E-state index contributed by atoms with van der Waals surface area (Å²) in [6.07, 6.45) is 0.163. The second kappa shape index (κ2) is 6.02. The van der Waals surface area contributed by atoms with Crippen LogP contribution in [0.3, 0.4) is 0 Å². The van der Waals surface area contributed by atoms with Crippen LogP contribution in [0.1, 0.15) is 29.2 Å². The summed E-state index contributed by atoms with van der Waals surface area (Å²) in [5.41, 5.74) is 7.80. The van der Waals surface area contributed by atoms with E-state index in [4.69, 9.17) is 5.73 Å². The van der Waals surface area contributed by atoms with Crippen LogP contribution < -0.4 is 11.1 Å². The van der Waals surface area contributed by atoms with Gasteiger partial charge < -0.3 is 16.2 Å². The topological polar surface area (TPSA) is 88.2 Å². The number of phenolic OH excluding ortho intramolecular Hbond substituents is 1. The Morgan fingerprint density at radius 1 is 1.55 bits per heavy atom. The van der Waals surface area contributed by atoms with Gasteiger partial charge in [0.15, 0.2) is 0 Å². The van der Waals surface area contributed by atoms with Gasteiger partial charge in [-0.3, -0.25) is 4.79 Å². The van der Waals surface area contributed by atoms with Crippen LogP contribution in [0.2, 0.25) is 0 Å². The summed E-state index contributed by atoms with van der Waals surface area (Å²) in [5.74, 6) is -0.161. The molecular formula is C14H17N3O2S. The van der Waals surface area contributed by atoms with Gasteiger partial charge in [0.05, 0.1) is 23.8 Å². The second-order valence-corrected chi connectivity index (χ2v) is 5.60. The van der Waals surface area contributed by atoms with Gasteiger partial charge in [-0.15, -0.1) is 11.3 Å². The van der Waals surface area contributed by atoms with Gasteiger partial charge in [-0.2, -0.15) is 0 Å². The fraction of sp³-hybridized carbons (Fsp3) is 0.286. The molecule has 0 radical (unpaired) electrons. The highest BCUT2D eigenvalue weighted by molar-refractivity contribution is 7.09. The van der Waals surface area contributed by atoms with E-state index in [-0.39, 0.29) is 24.1 Å². The Morgan fingerprint density at radius 3 is 2.95 bits per heavy atom. The predicted octanol–water partition coefficient (Wildman–Crippen LogP) is 2.36. The molecule has 106 valence electrons. The van der Waals surface area contributed by atoms with Crippen molar-refractivity contribution >= 4 is 22.9 Å². The third-order valence-corrected chi connectivity index (χ3v) is 3.82. The standard InChI is InChI=1S/C14H17N3O2S/c1-8-3-4-12(18)11(5-8)17-13(19)6-10-7-20-14(16-10)9(2)15/h3-5,7,9,18H,6,15H2,1-2H3,(H,17,19). The van der Waals surface area contributed by atoms with Crippen LogP contribution >= 0.6 is 11.3 Å². The lowest BCUT2D eigenvalue weighted by Crippen LogP contribution is -2.15. The number of amides is 1. The van der Waals surface area contributed by atoms with Gasteiger partial charge in [0.1, 0.15) is 10.8 Å². The molecule has 0 saturated carbocycles. The first-order valence-corrected chi connectivity index (χ1v) is 7.13. The SMILES string of the molecule is Cc1ccc(O)c(NC(=O)Cc2csc(C(C)N)n2)c1. The molecule has 2 rings (SSSR count). The number of carbonyl (C=O) groups is 1. The van der Waals surface area contributed by atoms with Gasteiger partial charge in [-0.05, 0) is 31.5 Å². The number of nitrogens with one attached hydrogen (secondary N) is 1. The molecular weight excluding hydrogens is 274 g/mol. The molecule has 2 aromatic rings. The van der Waals surface area contributed by atoms with Gasteiger partial charge in [-0.25, -0.2) is 4.98 Å². The third kappa shape index (κ3) is 3.55. The molecule has 0 bridgehead atoms. The van der Waals surface area contributed by atoms with E-state index in [0.717, 1.165) is 10.6 Å². The Morgan fingerprint density at radius 2 is 2.30 bits per heavy atom. The molecule has 4 N–H and O–H groups in total. The van der Waals surface area contributed by atoms with Gasteiger partial charge in [0.25, 0.3) is 0 Å². The number of thiazole rings is 1. The summed E-state index contributed by atoms with van der Waals surface area (Å²) in [5, 5.41) is 15.0. The van der Waals surface area contributed by atoms with E-state index in [0.29, 0.717) is 11.4 Å². The molecule has 1 atom stereocenters. The van der Waals surface area contributed by atoms with Crippen molar-refractivity contribution in [3.8, 4) is 5.75 Å². The van der Waals surface area contributed by atoms with Crippen molar-refractivity contribution in [2.24, 2.45) is 5.73 Å². The number of benzene rings is 1. The van der Waals surface area contributed by atoms with Crippen LogP contribution in [-0.2, 0) is 11.2 Å². The molecule has 0 saturated heterocycles. The molecule has 20 heavy (non-hydrogen) atoms. The number of rotatable bonds is 4. The van der Waals surface area contributed by atoms with Crippen LogP contribution in [0, 0.1) is 6.92 Å². The van der Waals surface area contributed by atoms with E-state index in [9.17, 15) is 9.90 Å². The predicted molar refractivity (Wildman–Crippen MR) is 79.9 cm³/mol. The lowest BCUT2D eigenvalue weighted by atomic mass is 10.2. The quantitative estimate of drug-likeness (QED) is 0.754. The molecule has 5 nitrogen and oxygen atoms in total. The molecule has 0 aliphatic heterocycles. The van der Waals surface area contributed by atoms with E-state index in [1.165, 1.54) is 11.3 Å². The van der Waals surface area contributed by atoms with E-state index in [1.807, 2.05) is 19.2 Å². The summed E-state index contributed by atoms with van der Waals surface area (Å²) in [6.45, 7) is 3.75. The summed E-state index contributed by atoms with van der Waals surface area (Å²) >= 11 is 1.45. The average molecular weight is 291 g/mol. The monoisotopic (exact) mass is 291 g/mol. The fourth-order valence-electron chi connectivity index (χ4n) is 1.72. The van der Waals surface area contributed by atoms with Crippen LogP contribution in [0.5, 0.6) is 5.75 Å². The average Bonchev–Trinajstić information content (AvgIpc) is 2.82. The van der Waals surface area contributed by atoms with Gasteiger partial charge >= 0.3 is 0 Å². The maximum atomic E-state index is 11.9.